The molecule has 0 amide bonds. The first-order valence-corrected chi connectivity index (χ1v) is 16.2. The molecular weight excluding hydrogens is 552 g/mol. The Balaban J connectivity index is 1.39. The lowest BCUT2D eigenvalue weighted by Gasteiger charge is -2.30. The van der Waals surface area contributed by atoms with Crippen molar-refractivity contribution in [3.8, 4) is 5.75 Å². The molecule has 10 heteroatoms. The number of carboxylic acid groups (broad SMARTS) is 1. The van der Waals surface area contributed by atoms with Crippen molar-refractivity contribution in [2.24, 2.45) is 0 Å². The third-order valence-corrected chi connectivity index (χ3v) is 11.1. The molecule has 0 saturated heterocycles. The highest BCUT2D eigenvalue weighted by Crippen LogP contribution is 2.44. The number of hydrogen-bond acceptors (Lipinski definition) is 6. The van der Waals surface area contributed by atoms with Gasteiger partial charge in [-0.25, -0.2) is 13.1 Å². The third kappa shape index (κ3) is 4.57. The van der Waals surface area contributed by atoms with Crippen LogP contribution in [0.25, 0.3) is 11.0 Å². The molecule has 9 nitrogen and oxygen atoms in total. The van der Waals surface area contributed by atoms with Crippen LogP contribution in [0, 0.1) is 6.92 Å². The van der Waals surface area contributed by atoms with Crippen molar-refractivity contribution in [2.75, 3.05) is 6.54 Å². The van der Waals surface area contributed by atoms with Gasteiger partial charge in [0, 0.05) is 12.5 Å². The topological polar surface area (TPSA) is 115 Å². The Hall–Kier alpha value is -3.76. The summed E-state index contributed by atoms with van der Waals surface area (Å²) in [6.45, 7) is 2.98. The van der Waals surface area contributed by atoms with Crippen molar-refractivity contribution in [2.45, 2.75) is 81.4 Å². The molecule has 3 aromatic carbocycles. The van der Waals surface area contributed by atoms with Gasteiger partial charge in [-0.05, 0) is 85.0 Å². The summed E-state index contributed by atoms with van der Waals surface area (Å²) in [5.74, 6) is -0.902. The van der Waals surface area contributed by atoms with Crippen molar-refractivity contribution in [1.82, 2.24) is 19.3 Å². The number of fused-ring (bicyclic) bond motifs is 6. The van der Waals surface area contributed by atoms with Crippen LogP contribution in [0.2, 0.25) is 0 Å². The predicted octanol–water partition coefficient (Wildman–Crippen LogP) is 5.36. The average molecular weight is 587 g/mol. The van der Waals surface area contributed by atoms with Gasteiger partial charge in [0.05, 0.1) is 24.5 Å². The van der Waals surface area contributed by atoms with Crippen LogP contribution in [0.3, 0.4) is 0 Å². The Morgan fingerprint density at radius 3 is 2.76 bits per heavy atom. The molecule has 0 spiro atoms. The minimum atomic E-state index is -3.84. The number of benzene rings is 3. The van der Waals surface area contributed by atoms with Crippen LogP contribution in [0.5, 0.6) is 5.75 Å². The molecule has 0 saturated carbocycles. The standard InChI is InChI=1S/C32H34N4O5S/c1-20-24-13-15-28-32(20)33-34-35(28)16-6-2-3-7-23-19-36(42(39,40)30-9-5-4-8-29(30)41-23)27-14-12-21-10-11-22(17-26(21)27)25(24)18-31(37)38/h4-5,8-11,13,15,17,23,25,27H,2-3,6-7,12,14,16,18-19H2,1H3,(H,37,38). The maximum absolute atomic E-state index is 14.2. The number of aryl methyl sites for hydroxylation is 3. The number of hydrogen-bond donors (Lipinski definition) is 1. The minimum absolute atomic E-state index is 0.0881. The van der Waals surface area contributed by atoms with Gasteiger partial charge in [-0.2, -0.15) is 4.31 Å². The molecule has 1 aromatic heterocycles. The van der Waals surface area contributed by atoms with Gasteiger partial charge in [0.15, 0.2) is 0 Å². The number of carbonyl (C=O) groups is 1. The van der Waals surface area contributed by atoms with Gasteiger partial charge >= 0.3 is 5.97 Å². The van der Waals surface area contributed by atoms with E-state index in [9.17, 15) is 18.3 Å². The normalized spacial score (nSPS) is 24.9. The smallest absolute Gasteiger partial charge is 0.304 e. The van der Waals surface area contributed by atoms with E-state index in [0.717, 1.165) is 77.5 Å². The Labute approximate surface area is 245 Å². The second kappa shape index (κ2) is 10.5. The molecule has 4 unspecified atom stereocenters. The maximum Gasteiger partial charge on any atom is 0.304 e. The molecular formula is C32H34N4O5S. The number of para-hydroxylation sites is 1. The zero-order valence-corrected chi connectivity index (χ0v) is 24.4. The van der Waals surface area contributed by atoms with E-state index in [1.165, 1.54) is 0 Å². The molecule has 4 aromatic rings. The summed E-state index contributed by atoms with van der Waals surface area (Å²) in [7, 11) is -3.84. The number of aromatic nitrogens is 3. The number of carboxylic acids is 1. The molecule has 4 heterocycles. The first kappa shape index (κ1) is 27.1. The minimum Gasteiger partial charge on any atom is -0.488 e. The van der Waals surface area contributed by atoms with Gasteiger partial charge in [0.2, 0.25) is 10.0 Å². The molecule has 42 heavy (non-hydrogen) atoms. The zero-order valence-electron chi connectivity index (χ0n) is 23.6. The fourth-order valence-electron chi connectivity index (χ4n) is 7.08. The summed E-state index contributed by atoms with van der Waals surface area (Å²) < 4.78 is 38.4. The second-order valence-corrected chi connectivity index (χ2v) is 13.6. The van der Waals surface area contributed by atoms with E-state index in [-0.39, 0.29) is 30.0 Å². The predicted molar refractivity (Wildman–Crippen MR) is 157 cm³/mol. The van der Waals surface area contributed by atoms with Crippen LogP contribution in [0.4, 0.5) is 0 Å². The lowest BCUT2D eigenvalue weighted by Crippen LogP contribution is -2.39. The number of ether oxygens (including phenoxy) is 1. The van der Waals surface area contributed by atoms with Gasteiger partial charge in [-0.1, -0.05) is 48.0 Å². The molecule has 8 bridgehead atoms. The number of rotatable bonds is 2. The van der Waals surface area contributed by atoms with Crippen LogP contribution in [0.1, 0.15) is 78.3 Å². The molecule has 1 N–H and O–H groups in total. The summed E-state index contributed by atoms with van der Waals surface area (Å²) in [4.78, 5) is 12.4. The summed E-state index contributed by atoms with van der Waals surface area (Å²) in [5, 5.41) is 18.9. The first-order valence-electron chi connectivity index (χ1n) is 14.8. The summed E-state index contributed by atoms with van der Waals surface area (Å²) in [6.07, 6.45) is 4.56. The highest BCUT2D eigenvalue weighted by Gasteiger charge is 2.41. The zero-order chi connectivity index (χ0) is 29.0. The Bertz CT molecular complexity index is 1800. The van der Waals surface area contributed by atoms with Crippen molar-refractivity contribution in [3.63, 3.8) is 0 Å². The SMILES string of the molecule is Cc1c2ccc3c1nnn3CCCCCC1CN(C3CCc4ccc(cc43)C2CC(=O)O)S(=O)(=O)c2ccccc2O1. The van der Waals surface area contributed by atoms with Crippen molar-refractivity contribution in [1.29, 1.82) is 0 Å². The number of nitrogens with zero attached hydrogens (tertiary/aromatic N) is 4. The maximum atomic E-state index is 14.2. The average Bonchev–Trinajstić information content (AvgIpc) is 3.56. The molecule has 218 valence electrons. The largest absolute Gasteiger partial charge is 0.488 e. The fourth-order valence-corrected chi connectivity index (χ4v) is 8.87. The second-order valence-electron chi connectivity index (χ2n) is 11.7. The molecule has 8 rings (SSSR count). The fraction of sp³-hybridized carbons (Fsp3) is 0.406. The lowest BCUT2D eigenvalue weighted by atomic mass is 9.84. The van der Waals surface area contributed by atoms with Crippen molar-refractivity contribution in [3.05, 3.63) is 82.4 Å². The quantitative estimate of drug-likeness (QED) is 0.336. The van der Waals surface area contributed by atoms with Crippen LogP contribution in [-0.4, -0.2) is 51.4 Å². The van der Waals surface area contributed by atoms with Crippen LogP contribution >= 0.6 is 0 Å². The lowest BCUT2D eigenvalue weighted by molar-refractivity contribution is -0.137. The molecule has 0 fully saturated rings. The van der Waals surface area contributed by atoms with E-state index in [1.54, 1.807) is 22.5 Å². The molecule has 0 radical (unpaired) electrons. The molecule has 3 aliphatic heterocycles. The van der Waals surface area contributed by atoms with Crippen LogP contribution < -0.4 is 4.74 Å². The summed E-state index contributed by atoms with van der Waals surface area (Å²) in [5.41, 5.74) is 6.48. The highest BCUT2D eigenvalue weighted by molar-refractivity contribution is 7.89. The molecule has 1 aliphatic carbocycles. The van der Waals surface area contributed by atoms with E-state index in [2.05, 4.69) is 10.3 Å². The highest BCUT2D eigenvalue weighted by atomic mass is 32.2. The number of sulfonamides is 1. The van der Waals surface area contributed by atoms with Gasteiger partial charge in [0.1, 0.15) is 22.3 Å². The van der Waals surface area contributed by atoms with E-state index < -0.39 is 21.9 Å². The van der Waals surface area contributed by atoms with Gasteiger partial charge < -0.3 is 9.84 Å². The van der Waals surface area contributed by atoms with E-state index in [4.69, 9.17) is 4.74 Å². The van der Waals surface area contributed by atoms with E-state index >= 15 is 0 Å². The Morgan fingerprint density at radius 2 is 1.90 bits per heavy atom. The van der Waals surface area contributed by atoms with E-state index in [0.29, 0.717) is 12.2 Å². The van der Waals surface area contributed by atoms with Crippen molar-refractivity contribution >= 4 is 27.0 Å². The van der Waals surface area contributed by atoms with Gasteiger partial charge in [-0.3, -0.25) is 4.79 Å². The van der Waals surface area contributed by atoms with Crippen molar-refractivity contribution < 1.29 is 23.1 Å². The Kier molecular flexibility index (Phi) is 6.78. The molecule has 4 aliphatic rings. The third-order valence-electron chi connectivity index (χ3n) is 9.21. The molecule has 4 atom stereocenters. The Morgan fingerprint density at radius 1 is 1.05 bits per heavy atom. The monoisotopic (exact) mass is 586 g/mol. The summed E-state index contributed by atoms with van der Waals surface area (Å²) in [6, 6.07) is 16.7. The van der Waals surface area contributed by atoms with Crippen LogP contribution in [0.15, 0.2) is 59.5 Å². The first-order chi connectivity index (χ1) is 20.3. The van der Waals surface area contributed by atoms with Gasteiger partial charge in [-0.15, -0.1) is 5.10 Å². The van der Waals surface area contributed by atoms with Crippen LogP contribution in [-0.2, 0) is 27.8 Å². The van der Waals surface area contributed by atoms with E-state index in [1.807, 2.05) is 48.0 Å². The summed E-state index contributed by atoms with van der Waals surface area (Å²) >= 11 is 0. The van der Waals surface area contributed by atoms with Gasteiger partial charge in [0.25, 0.3) is 0 Å². The number of aliphatic carboxylic acids is 1.